The summed E-state index contributed by atoms with van der Waals surface area (Å²) in [4.78, 5) is 50.8. The smallest absolute Gasteiger partial charge is 0.475 e. The van der Waals surface area contributed by atoms with Gasteiger partial charge in [0.2, 0.25) is 5.91 Å². The van der Waals surface area contributed by atoms with Gasteiger partial charge in [-0.15, -0.1) is 11.3 Å². The van der Waals surface area contributed by atoms with Gasteiger partial charge in [-0.05, 0) is 31.4 Å². The number of para-hydroxylation sites is 2. The zero-order valence-electron chi connectivity index (χ0n) is 25.5. The molecule has 4 heterocycles. The number of fused-ring (bicyclic) bond motifs is 1. The molecule has 2 N–H and O–H groups in total. The maximum absolute atomic E-state index is 14.3. The van der Waals surface area contributed by atoms with Gasteiger partial charge in [0.25, 0.3) is 5.91 Å². The van der Waals surface area contributed by atoms with Gasteiger partial charge in [0.15, 0.2) is 5.82 Å². The molecule has 2 fully saturated rings. The van der Waals surface area contributed by atoms with Crippen LogP contribution in [0.3, 0.4) is 0 Å². The molecule has 11 nitrogen and oxygen atoms in total. The Morgan fingerprint density at radius 2 is 1.87 bits per heavy atom. The van der Waals surface area contributed by atoms with E-state index in [1.807, 2.05) is 46.5 Å². The van der Waals surface area contributed by atoms with Crippen LogP contribution < -0.4 is 5.32 Å². The highest BCUT2D eigenvalue weighted by Crippen LogP contribution is 2.25. The first-order chi connectivity index (χ1) is 21.4. The summed E-state index contributed by atoms with van der Waals surface area (Å²) in [6.45, 7) is 11.3. The van der Waals surface area contributed by atoms with Crippen molar-refractivity contribution in [3.8, 4) is 0 Å². The van der Waals surface area contributed by atoms with E-state index in [1.165, 1.54) is 4.88 Å². The van der Waals surface area contributed by atoms with Crippen LogP contribution in [-0.4, -0.2) is 105 Å². The van der Waals surface area contributed by atoms with Crippen molar-refractivity contribution < 1.29 is 37.4 Å². The topological polar surface area (TPSA) is 130 Å². The number of carboxylic acid groups (broad SMARTS) is 1. The molecule has 0 aliphatic carbocycles. The number of rotatable bonds is 8. The van der Waals surface area contributed by atoms with Gasteiger partial charge >= 0.3 is 12.1 Å². The first-order valence-electron chi connectivity index (χ1n) is 14.9. The highest BCUT2D eigenvalue weighted by molar-refractivity contribution is 7.09. The van der Waals surface area contributed by atoms with E-state index < -0.39 is 12.1 Å². The van der Waals surface area contributed by atoms with E-state index in [-0.39, 0.29) is 29.7 Å². The Labute approximate surface area is 263 Å². The fourth-order valence-electron chi connectivity index (χ4n) is 5.55. The van der Waals surface area contributed by atoms with Crippen LogP contribution in [0.2, 0.25) is 0 Å². The van der Waals surface area contributed by atoms with Gasteiger partial charge in [-0.1, -0.05) is 26.0 Å². The van der Waals surface area contributed by atoms with E-state index in [2.05, 4.69) is 28.7 Å². The number of ether oxygens (including phenoxy) is 1. The van der Waals surface area contributed by atoms with Crippen LogP contribution in [0.5, 0.6) is 0 Å². The number of aliphatic carboxylic acids is 1. The predicted molar refractivity (Wildman–Crippen MR) is 162 cm³/mol. The molecule has 0 unspecified atom stereocenters. The summed E-state index contributed by atoms with van der Waals surface area (Å²) in [5, 5.41) is 10.6. The van der Waals surface area contributed by atoms with Crippen LogP contribution in [0.25, 0.3) is 11.0 Å². The monoisotopic (exact) mass is 652 g/mol. The average Bonchev–Trinajstić information content (AvgIpc) is 3.61. The lowest BCUT2D eigenvalue weighted by Crippen LogP contribution is -2.56. The van der Waals surface area contributed by atoms with Crippen molar-refractivity contribution in [2.45, 2.75) is 52.4 Å². The number of halogens is 3. The molecular formula is C30H39F3N6O5S. The third kappa shape index (κ3) is 8.79. The zero-order chi connectivity index (χ0) is 32.7. The molecule has 3 aromatic rings. The van der Waals surface area contributed by atoms with Crippen molar-refractivity contribution >= 4 is 40.2 Å². The third-order valence-electron chi connectivity index (χ3n) is 7.76. The van der Waals surface area contributed by atoms with E-state index in [4.69, 9.17) is 19.6 Å². The van der Waals surface area contributed by atoms with Crippen LogP contribution in [0.1, 0.15) is 41.5 Å². The van der Waals surface area contributed by atoms with Gasteiger partial charge in [0.1, 0.15) is 0 Å². The molecule has 2 saturated heterocycles. The van der Waals surface area contributed by atoms with Crippen LogP contribution in [0, 0.1) is 18.8 Å². The first kappa shape index (κ1) is 34.3. The quantitative estimate of drug-likeness (QED) is 0.378. The second kappa shape index (κ2) is 15.1. The number of carbonyl (C=O) groups is 3. The third-order valence-corrected chi connectivity index (χ3v) is 8.75. The van der Waals surface area contributed by atoms with Gasteiger partial charge in [-0.2, -0.15) is 13.2 Å². The van der Waals surface area contributed by atoms with Crippen LogP contribution >= 0.6 is 11.3 Å². The van der Waals surface area contributed by atoms with E-state index in [9.17, 15) is 22.8 Å². The second-order valence-corrected chi connectivity index (χ2v) is 12.5. The Kier molecular flexibility index (Phi) is 11.6. The molecule has 0 saturated carbocycles. The Bertz CT molecular complexity index is 1470. The Morgan fingerprint density at radius 3 is 2.49 bits per heavy atom. The molecule has 0 radical (unpaired) electrons. The van der Waals surface area contributed by atoms with Gasteiger partial charge < -0.3 is 29.5 Å². The number of benzene rings is 1. The molecule has 2 aliphatic heterocycles. The number of piperidine rings is 1. The fourth-order valence-corrected chi connectivity index (χ4v) is 6.32. The van der Waals surface area contributed by atoms with Crippen molar-refractivity contribution in [2.24, 2.45) is 11.8 Å². The summed E-state index contributed by atoms with van der Waals surface area (Å²) in [5.41, 5.74) is 4.70. The van der Waals surface area contributed by atoms with Crippen LogP contribution in [-0.2, 0) is 27.3 Å². The SMILES string of the molecule is Cc1ncsc1CCn1c(C(=O)N(CC(C)C)[C@@H]2CNC[C@H](C(=O)N3CCOCC3)C2)nc2ccccc21.O=C(O)C(F)(F)F. The zero-order valence-corrected chi connectivity index (χ0v) is 26.4. The molecule has 15 heteroatoms. The Balaban J connectivity index is 0.000000591. The van der Waals surface area contributed by atoms with Gasteiger partial charge in [0.05, 0.1) is 41.4 Å². The Morgan fingerprint density at radius 1 is 1.18 bits per heavy atom. The normalized spacial score (nSPS) is 18.9. The van der Waals surface area contributed by atoms with Gasteiger partial charge in [0, 0.05) is 56.6 Å². The van der Waals surface area contributed by atoms with E-state index in [1.54, 1.807) is 11.3 Å². The number of hydrogen-bond donors (Lipinski definition) is 2. The number of carbonyl (C=O) groups excluding carboxylic acids is 2. The maximum Gasteiger partial charge on any atom is 0.490 e. The van der Waals surface area contributed by atoms with E-state index in [0.717, 1.165) is 23.1 Å². The highest BCUT2D eigenvalue weighted by atomic mass is 32.1. The number of thiazole rings is 1. The number of morpholine rings is 1. The molecule has 246 valence electrons. The first-order valence-corrected chi connectivity index (χ1v) is 15.8. The summed E-state index contributed by atoms with van der Waals surface area (Å²) >= 11 is 1.65. The lowest BCUT2D eigenvalue weighted by Gasteiger charge is -2.40. The molecule has 0 bridgehead atoms. The largest absolute Gasteiger partial charge is 0.490 e. The molecule has 2 aliphatic rings. The number of amides is 2. The molecule has 2 amide bonds. The summed E-state index contributed by atoms with van der Waals surface area (Å²) in [7, 11) is 0. The summed E-state index contributed by atoms with van der Waals surface area (Å²) in [5.74, 6) is -2.06. The minimum absolute atomic E-state index is 0.0674. The standard InChI is InChI=1S/C28H38N6O3S.C2HF3O2/c1-19(2)17-34(22-14-21(15-29-16-22)27(35)32-10-12-37-13-11-32)28(36)26-31-23-6-4-5-7-24(23)33(26)9-8-25-20(3)30-18-38-25;3-2(4,5)1(6)7/h4-7,18-19,21-22,29H,8-17H2,1-3H3;(H,6,7)/t21-,22+;/m1./s1. The van der Waals surface area contributed by atoms with Gasteiger partial charge in [-0.25, -0.2) is 14.8 Å². The average molecular weight is 653 g/mol. The van der Waals surface area contributed by atoms with Crippen molar-refractivity contribution in [1.29, 1.82) is 0 Å². The summed E-state index contributed by atoms with van der Waals surface area (Å²) < 4.78 is 39.2. The second-order valence-electron chi connectivity index (χ2n) is 11.5. The number of alkyl halides is 3. The lowest BCUT2D eigenvalue weighted by atomic mass is 9.92. The van der Waals surface area contributed by atoms with Crippen LogP contribution in [0.15, 0.2) is 29.8 Å². The number of aromatic nitrogens is 3. The van der Waals surface area contributed by atoms with Crippen molar-refractivity contribution in [2.75, 3.05) is 45.9 Å². The maximum atomic E-state index is 14.3. The number of carboxylic acids is 1. The lowest BCUT2D eigenvalue weighted by molar-refractivity contribution is -0.192. The predicted octanol–water partition coefficient (Wildman–Crippen LogP) is 3.61. The van der Waals surface area contributed by atoms with Crippen LogP contribution in [0.4, 0.5) is 13.2 Å². The number of imidazole rings is 1. The molecule has 2 atom stereocenters. The molecule has 1 aromatic carbocycles. The summed E-state index contributed by atoms with van der Waals surface area (Å²) in [6.07, 6.45) is -3.63. The molecule has 2 aromatic heterocycles. The van der Waals surface area contributed by atoms with E-state index >= 15 is 0 Å². The molecule has 45 heavy (non-hydrogen) atoms. The van der Waals surface area contributed by atoms with Crippen molar-refractivity contribution in [3.63, 3.8) is 0 Å². The number of hydrogen-bond acceptors (Lipinski definition) is 8. The molecule has 5 rings (SSSR count). The van der Waals surface area contributed by atoms with Crippen molar-refractivity contribution in [3.05, 3.63) is 46.2 Å². The fraction of sp³-hybridized carbons (Fsp3) is 0.567. The number of aryl methyl sites for hydroxylation is 3. The summed E-state index contributed by atoms with van der Waals surface area (Å²) in [6, 6.07) is 7.87. The van der Waals surface area contributed by atoms with Gasteiger partial charge in [-0.3, -0.25) is 9.59 Å². The Hall–Kier alpha value is -3.56. The highest BCUT2D eigenvalue weighted by Gasteiger charge is 2.38. The minimum atomic E-state index is -5.08. The number of nitrogens with zero attached hydrogens (tertiary/aromatic N) is 5. The minimum Gasteiger partial charge on any atom is -0.475 e. The molecular weight excluding hydrogens is 613 g/mol. The number of nitrogens with one attached hydrogen (secondary N) is 1. The van der Waals surface area contributed by atoms with Crippen molar-refractivity contribution in [1.82, 2.24) is 29.7 Å². The van der Waals surface area contributed by atoms with E-state index in [0.29, 0.717) is 64.7 Å². The molecule has 0 spiro atoms.